The molecule has 28 heavy (non-hydrogen) atoms. The molecule has 2 amide bonds. The van der Waals surface area contributed by atoms with E-state index in [1.165, 1.54) is 18.5 Å². The highest BCUT2D eigenvalue weighted by atomic mass is 16.5. The highest BCUT2D eigenvalue weighted by Crippen LogP contribution is 2.13. The summed E-state index contributed by atoms with van der Waals surface area (Å²) in [6, 6.07) is 7.92. The lowest BCUT2D eigenvalue weighted by Crippen LogP contribution is -2.28. The predicted molar refractivity (Wildman–Crippen MR) is 106 cm³/mol. The van der Waals surface area contributed by atoms with Crippen LogP contribution in [0.25, 0.3) is 0 Å². The maximum atomic E-state index is 12.5. The molecule has 2 rings (SSSR count). The number of hydrogen-bond donors (Lipinski definition) is 1. The van der Waals surface area contributed by atoms with Crippen LogP contribution in [0.4, 0.5) is 5.69 Å². The molecule has 7 nitrogen and oxygen atoms in total. The lowest BCUT2D eigenvalue weighted by Gasteiger charge is -2.16. The molecule has 148 valence electrons. The maximum Gasteiger partial charge on any atom is 0.338 e. The minimum Gasteiger partial charge on any atom is -0.462 e. The Balaban J connectivity index is 2.06. The van der Waals surface area contributed by atoms with E-state index in [2.05, 4.69) is 17.2 Å². The maximum absolute atomic E-state index is 12.5. The molecule has 0 unspecified atom stereocenters. The van der Waals surface area contributed by atoms with E-state index in [4.69, 9.17) is 4.74 Å². The van der Waals surface area contributed by atoms with Gasteiger partial charge in [-0.05, 0) is 43.7 Å². The van der Waals surface area contributed by atoms with Crippen LogP contribution in [-0.4, -0.2) is 47.9 Å². The second-order valence-corrected chi connectivity index (χ2v) is 6.29. The predicted octanol–water partition coefficient (Wildman–Crippen LogP) is 3.38. The number of ether oxygens (including phenoxy) is 1. The summed E-state index contributed by atoms with van der Waals surface area (Å²) in [6.07, 6.45) is 4.77. The molecule has 0 radical (unpaired) electrons. The Hall–Kier alpha value is -3.22. The van der Waals surface area contributed by atoms with Gasteiger partial charge in [-0.2, -0.15) is 0 Å². The van der Waals surface area contributed by atoms with Crippen molar-refractivity contribution >= 4 is 23.5 Å². The standard InChI is InChI=1S/C21H25N3O4/c1-4-6-11-24(3)20(26)17-12-16(13-22-14-17)19(25)23-18-9-7-15(8-10-18)21(27)28-5-2/h7-10,12-14H,4-6,11H2,1-3H3,(H,23,25). The van der Waals surface area contributed by atoms with Crippen molar-refractivity contribution in [3.05, 3.63) is 59.4 Å². The summed E-state index contributed by atoms with van der Waals surface area (Å²) in [4.78, 5) is 42.2. The molecule has 1 N–H and O–H groups in total. The second kappa shape index (κ2) is 10.2. The number of carbonyl (C=O) groups excluding carboxylic acids is 3. The number of nitrogens with one attached hydrogen (secondary N) is 1. The molecule has 1 aromatic carbocycles. The van der Waals surface area contributed by atoms with Crippen molar-refractivity contribution in [1.82, 2.24) is 9.88 Å². The van der Waals surface area contributed by atoms with Crippen molar-refractivity contribution in [3.63, 3.8) is 0 Å². The molecule has 0 atom stereocenters. The van der Waals surface area contributed by atoms with Crippen LogP contribution in [0.2, 0.25) is 0 Å². The van der Waals surface area contributed by atoms with E-state index in [0.717, 1.165) is 12.8 Å². The number of unbranched alkanes of at least 4 members (excludes halogenated alkanes) is 1. The van der Waals surface area contributed by atoms with Crippen molar-refractivity contribution in [2.24, 2.45) is 0 Å². The summed E-state index contributed by atoms with van der Waals surface area (Å²) in [5, 5.41) is 2.73. The van der Waals surface area contributed by atoms with E-state index in [9.17, 15) is 14.4 Å². The van der Waals surface area contributed by atoms with Crippen LogP contribution in [0.15, 0.2) is 42.7 Å². The van der Waals surface area contributed by atoms with Gasteiger partial charge in [-0.25, -0.2) is 4.79 Å². The topological polar surface area (TPSA) is 88.6 Å². The molecule has 0 saturated carbocycles. The average molecular weight is 383 g/mol. The number of esters is 1. The van der Waals surface area contributed by atoms with E-state index >= 15 is 0 Å². The van der Waals surface area contributed by atoms with Gasteiger partial charge in [0.2, 0.25) is 0 Å². The molecule has 1 aromatic heterocycles. The van der Waals surface area contributed by atoms with Gasteiger partial charge in [0.25, 0.3) is 11.8 Å². The Kier molecular flexibility index (Phi) is 7.68. The van der Waals surface area contributed by atoms with Crippen molar-refractivity contribution in [2.75, 3.05) is 25.5 Å². The van der Waals surface area contributed by atoms with Gasteiger partial charge in [-0.15, -0.1) is 0 Å². The highest BCUT2D eigenvalue weighted by molar-refractivity contribution is 6.06. The van der Waals surface area contributed by atoms with Gasteiger partial charge in [0, 0.05) is 31.7 Å². The second-order valence-electron chi connectivity index (χ2n) is 6.29. The van der Waals surface area contributed by atoms with Crippen LogP contribution in [0.5, 0.6) is 0 Å². The Morgan fingerprint density at radius 1 is 1.04 bits per heavy atom. The number of anilines is 1. The smallest absolute Gasteiger partial charge is 0.338 e. The Morgan fingerprint density at radius 3 is 2.36 bits per heavy atom. The Morgan fingerprint density at radius 2 is 1.71 bits per heavy atom. The van der Waals surface area contributed by atoms with Gasteiger partial charge in [0.1, 0.15) is 0 Å². The van der Waals surface area contributed by atoms with Crippen molar-refractivity contribution in [3.8, 4) is 0 Å². The van der Waals surface area contributed by atoms with Crippen molar-refractivity contribution in [2.45, 2.75) is 26.7 Å². The molecule has 2 aromatic rings. The number of amides is 2. The molecule has 7 heteroatoms. The van der Waals surface area contributed by atoms with Crippen LogP contribution < -0.4 is 5.32 Å². The van der Waals surface area contributed by atoms with Crippen LogP contribution in [0.1, 0.15) is 57.8 Å². The van der Waals surface area contributed by atoms with Crippen LogP contribution in [0, 0.1) is 0 Å². The van der Waals surface area contributed by atoms with Gasteiger partial charge >= 0.3 is 5.97 Å². The lowest BCUT2D eigenvalue weighted by atomic mass is 10.1. The third-order valence-corrected chi connectivity index (χ3v) is 4.10. The third kappa shape index (κ3) is 5.64. The first kappa shape index (κ1) is 21.1. The number of carbonyl (C=O) groups is 3. The third-order valence-electron chi connectivity index (χ3n) is 4.10. The Bertz CT molecular complexity index is 834. The lowest BCUT2D eigenvalue weighted by molar-refractivity contribution is 0.0526. The fourth-order valence-electron chi connectivity index (χ4n) is 2.51. The molecule has 0 bridgehead atoms. The molecule has 0 aliphatic heterocycles. The monoisotopic (exact) mass is 383 g/mol. The van der Waals surface area contributed by atoms with Gasteiger partial charge in [-0.3, -0.25) is 14.6 Å². The quantitative estimate of drug-likeness (QED) is 0.706. The van der Waals surface area contributed by atoms with E-state index in [1.807, 2.05) is 0 Å². The zero-order valence-corrected chi connectivity index (χ0v) is 16.4. The molecule has 0 fully saturated rings. The first-order chi connectivity index (χ1) is 13.5. The SMILES string of the molecule is CCCCN(C)C(=O)c1cncc(C(=O)Nc2ccc(C(=O)OCC)cc2)c1. The summed E-state index contributed by atoms with van der Waals surface area (Å²) in [6.45, 7) is 4.75. The van der Waals surface area contributed by atoms with E-state index in [-0.39, 0.29) is 17.4 Å². The number of benzene rings is 1. The van der Waals surface area contributed by atoms with Crippen LogP contribution >= 0.6 is 0 Å². The molecule has 0 aliphatic rings. The largest absolute Gasteiger partial charge is 0.462 e. The number of nitrogens with zero attached hydrogens (tertiary/aromatic N) is 2. The zero-order valence-electron chi connectivity index (χ0n) is 16.4. The summed E-state index contributed by atoms with van der Waals surface area (Å²) < 4.78 is 4.93. The molecule has 1 heterocycles. The van der Waals surface area contributed by atoms with Gasteiger partial charge in [0.05, 0.1) is 23.3 Å². The minimum absolute atomic E-state index is 0.172. The molecular formula is C21H25N3O4. The van der Waals surface area contributed by atoms with Gasteiger partial charge < -0.3 is 15.0 Å². The van der Waals surface area contributed by atoms with Gasteiger partial charge in [-0.1, -0.05) is 13.3 Å². The number of rotatable bonds is 8. The highest BCUT2D eigenvalue weighted by Gasteiger charge is 2.15. The minimum atomic E-state index is -0.414. The van der Waals surface area contributed by atoms with E-state index in [0.29, 0.717) is 30.0 Å². The van der Waals surface area contributed by atoms with E-state index in [1.54, 1.807) is 43.1 Å². The molecule has 0 aliphatic carbocycles. The fourth-order valence-corrected chi connectivity index (χ4v) is 2.51. The molecule has 0 spiro atoms. The molecular weight excluding hydrogens is 358 g/mol. The zero-order chi connectivity index (χ0) is 20.5. The summed E-state index contributed by atoms with van der Waals surface area (Å²) >= 11 is 0. The Labute approximate surface area is 164 Å². The van der Waals surface area contributed by atoms with Crippen LogP contribution in [-0.2, 0) is 4.74 Å². The van der Waals surface area contributed by atoms with Gasteiger partial charge in [0.15, 0.2) is 0 Å². The number of pyridine rings is 1. The van der Waals surface area contributed by atoms with Crippen molar-refractivity contribution in [1.29, 1.82) is 0 Å². The van der Waals surface area contributed by atoms with Crippen molar-refractivity contribution < 1.29 is 19.1 Å². The van der Waals surface area contributed by atoms with Crippen LogP contribution in [0.3, 0.4) is 0 Å². The number of aromatic nitrogens is 1. The summed E-state index contributed by atoms with van der Waals surface area (Å²) in [5.41, 5.74) is 1.58. The average Bonchev–Trinajstić information content (AvgIpc) is 2.72. The molecule has 0 saturated heterocycles. The normalized spacial score (nSPS) is 10.2. The number of hydrogen-bond acceptors (Lipinski definition) is 5. The summed E-state index contributed by atoms with van der Waals surface area (Å²) in [5.74, 6) is -0.973. The van der Waals surface area contributed by atoms with E-state index < -0.39 is 5.97 Å². The fraction of sp³-hybridized carbons (Fsp3) is 0.333. The first-order valence-corrected chi connectivity index (χ1v) is 9.25. The summed E-state index contributed by atoms with van der Waals surface area (Å²) in [7, 11) is 1.73. The first-order valence-electron chi connectivity index (χ1n) is 9.25.